The summed E-state index contributed by atoms with van der Waals surface area (Å²) in [5.41, 5.74) is 1.28. The Balaban J connectivity index is 2.44. The monoisotopic (exact) mass is 172 g/mol. The topological polar surface area (TPSA) is 17.8 Å². The van der Waals surface area contributed by atoms with Crippen molar-refractivity contribution >= 4 is 11.6 Å². The smallest absolute Gasteiger partial charge is 0.0521 e. The van der Waals surface area contributed by atoms with E-state index in [-0.39, 0.29) is 0 Å². The fourth-order valence-corrected chi connectivity index (χ4v) is 1.11. The molecule has 1 rings (SSSR count). The zero-order valence-corrected chi connectivity index (χ0v) is 7.51. The molecular formula is C8H13ClN2. The predicted molar refractivity (Wildman–Crippen MR) is 46.9 cm³/mol. The Hall–Kier alpha value is -0.500. The first-order chi connectivity index (χ1) is 5.36. The highest BCUT2D eigenvalue weighted by atomic mass is 35.5. The zero-order valence-electron chi connectivity index (χ0n) is 6.76. The molecule has 0 atom stereocenters. The van der Waals surface area contributed by atoms with Gasteiger partial charge in [0.2, 0.25) is 0 Å². The van der Waals surface area contributed by atoms with Crippen LogP contribution in [0.3, 0.4) is 0 Å². The molecule has 1 aromatic heterocycles. The van der Waals surface area contributed by atoms with E-state index < -0.39 is 0 Å². The molecule has 0 amide bonds. The third-order valence-electron chi connectivity index (χ3n) is 1.61. The van der Waals surface area contributed by atoms with Gasteiger partial charge in [-0.3, -0.25) is 4.68 Å². The normalized spacial score (nSPS) is 10.4. The molecule has 0 fully saturated rings. The van der Waals surface area contributed by atoms with Crippen LogP contribution in [-0.2, 0) is 13.0 Å². The van der Waals surface area contributed by atoms with Crippen molar-refractivity contribution in [1.82, 2.24) is 9.78 Å². The molecule has 0 bridgehead atoms. The molecule has 11 heavy (non-hydrogen) atoms. The van der Waals surface area contributed by atoms with Crippen LogP contribution >= 0.6 is 11.6 Å². The summed E-state index contributed by atoms with van der Waals surface area (Å²) in [7, 11) is 0. The molecule has 0 spiro atoms. The number of halogens is 1. The molecule has 3 heteroatoms. The van der Waals surface area contributed by atoms with E-state index in [0.29, 0.717) is 0 Å². The highest BCUT2D eigenvalue weighted by Gasteiger charge is 1.95. The third-order valence-corrected chi connectivity index (χ3v) is 1.88. The van der Waals surface area contributed by atoms with Gasteiger partial charge in [-0.15, -0.1) is 11.6 Å². The van der Waals surface area contributed by atoms with Crippen molar-refractivity contribution in [3.8, 4) is 0 Å². The van der Waals surface area contributed by atoms with Gasteiger partial charge in [-0.05, 0) is 25.3 Å². The highest BCUT2D eigenvalue weighted by Crippen LogP contribution is 2.02. The predicted octanol–water partition coefficient (Wildman–Crippen LogP) is 2.07. The van der Waals surface area contributed by atoms with Crippen LogP contribution < -0.4 is 0 Å². The van der Waals surface area contributed by atoms with Crippen molar-refractivity contribution in [1.29, 1.82) is 0 Å². The van der Waals surface area contributed by atoms with Gasteiger partial charge < -0.3 is 0 Å². The minimum atomic E-state index is 0.733. The van der Waals surface area contributed by atoms with E-state index in [1.54, 1.807) is 0 Å². The van der Waals surface area contributed by atoms with Crippen LogP contribution in [0.15, 0.2) is 12.4 Å². The molecule has 1 heterocycles. The average molecular weight is 173 g/mol. The Labute approximate surface area is 72.2 Å². The van der Waals surface area contributed by atoms with Gasteiger partial charge >= 0.3 is 0 Å². The van der Waals surface area contributed by atoms with E-state index in [9.17, 15) is 0 Å². The van der Waals surface area contributed by atoms with Gasteiger partial charge in [-0.25, -0.2) is 0 Å². The van der Waals surface area contributed by atoms with Crippen molar-refractivity contribution in [3.63, 3.8) is 0 Å². The lowest BCUT2D eigenvalue weighted by Crippen LogP contribution is -1.92. The molecule has 0 N–H and O–H groups in total. The summed E-state index contributed by atoms with van der Waals surface area (Å²) in [4.78, 5) is 0. The number of aromatic nitrogens is 2. The summed E-state index contributed by atoms with van der Waals surface area (Å²) >= 11 is 5.56. The molecule has 0 unspecified atom stereocenters. The van der Waals surface area contributed by atoms with Crippen molar-refractivity contribution in [3.05, 3.63) is 18.0 Å². The Morgan fingerprint density at radius 1 is 1.64 bits per heavy atom. The van der Waals surface area contributed by atoms with Gasteiger partial charge in [0, 0.05) is 18.6 Å². The van der Waals surface area contributed by atoms with Crippen LogP contribution in [0, 0.1) is 0 Å². The van der Waals surface area contributed by atoms with E-state index in [4.69, 9.17) is 11.6 Å². The molecule has 2 nitrogen and oxygen atoms in total. The van der Waals surface area contributed by atoms with Crippen LogP contribution in [-0.4, -0.2) is 15.7 Å². The zero-order chi connectivity index (χ0) is 8.10. The molecular weight excluding hydrogens is 160 g/mol. The van der Waals surface area contributed by atoms with E-state index >= 15 is 0 Å². The minimum absolute atomic E-state index is 0.733. The first-order valence-corrected chi connectivity index (χ1v) is 4.47. The summed E-state index contributed by atoms with van der Waals surface area (Å²) in [6.45, 7) is 3.03. The Morgan fingerprint density at radius 3 is 3.00 bits per heavy atom. The first kappa shape index (κ1) is 8.60. The summed E-state index contributed by atoms with van der Waals surface area (Å²) in [6.07, 6.45) is 6.07. The fraction of sp³-hybridized carbons (Fsp3) is 0.625. The molecule has 0 aliphatic heterocycles. The molecule has 0 aromatic carbocycles. The standard InChI is InChI=1S/C8H13ClN2/c1-2-11-7-8(6-10-11)4-3-5-9/h6-7H,2-5H2,1H3. The largest absolute Gasteiger partial charge is 0.273 e. The van der Waals surface area contributed by atoms with Crippen molar-refractivity contribution in [2.75, 3.05) is 5.88 Å². The van der Waals surface area contributed by atoms with E-state index in [1.807, 2.05) is 10.9 Å². The Bertz CT molecular complexity index is 208. The molecule has 62 valence electrons. The van der Waals surface area contributed by atoms with Gasteiger partial charge in [0.15, 0.2) is 0 Å². The number of aryl methyl sites for hydroxylation is 2. The van der Waals surface area contributed by atoms with Crippen LogP contribution in [0.4, 0.5) is 0 Å². The maximum Gasteiger partial charge on any atom is 0.0521 e. The van der Waals surface area contributed by atoms with Crippen LogP contribution in [0.5, 0.6) is 0 Å². The maximum atomic E-state index is 5.56. The minimum Gasteiger partial charge on any atom is -0.273 e. The summed E-state index contributed by atoms with van der Waals surface area (Å²) in [5.74, 6) is 0.733. The summed E-state index contributed by atoms with van der Waals surface area (Å²) in [5, 5.41) is 4.16. The average Bonchev–Trinajstić information content (AvgIpc) is 2.48. The van der Waals surface area contributed by atoms with E-state index in [0.717, 1.165) is 25.3 Å². The lowest BCUT2D eigenvalue weighted by atomic mass is 10.2. The Kier molecular flexibility index (Phi) is 3.43. The quantitative estimate of drug-likeness (QED) is 0.636. The molecule has 0 radical (unpaired) electrons. The summed E-state index contributed by atoms with van der Waals surface area (Å²) in [6, 6.07) is 0. The number of nitrogens with zero attached hydrogens (tertiary/aromatic N) is 2. The third kappa shape index (κ3) is 2.54. The molecule has 0 aliphatic rings. The van der Waals surface area contributed by atoms with Gasteiger partial charge in [0.1, 0.15) is 0 Å². The SMILES string of the molecule is CCn1cc(CCCCl)cn1. The molecule has 0 saturated carbocycles. The molecule has 1 aromatic rings. The lowest BCUT2D eigenvalue weighted by molar-refractivity contribution is 0.659. The number of hydrogen-bond acceptors (Lipinski definition) is 1. The van der Waals surface area contributed by atoms with E-state index in [1.165, 1.54) is 5.56 Å². The Morgan fingerprint density at radius 2 is 2.45 bits per heavy atom. The highest BCUT2D eigenvalue weighted by molar-refractivity contribution is 6.17. The number of alkyl halides is 1. The van der Waals surface area contributed by atoms with Crippen molar-refractivity contribution < 1.29 is 0 Å². The first-order valence-electron chi connectivity index (χ1n) is 3.94. The van der Waals surface area contributed by atoms with Crippen LogP contribution in [0.2, 0.25) is 0 Å². The second kappa shape index (κ2) is 4.39. The van der Waals surface area contributed by atoms with Gasteiger partial charge in [-0.1, -0.05) is 0 Å². The van der Waals surface area contributed by atoms with Gasteiger partial charge in [-0.2, -0.15) is 5.10 Å². The molecule has 0 saturated heterocycles. The second-order valence-corrected chi connectivity index (χ2v) is 2.87. The lowest BCUT2D eigenvalue weighted by Gasteiger charge is -1.92. The fourth-order valence-electron chi connectivity index (χ4n) is 0.979. The number of hydrogen-bond donors (Lipinski definition) is 0. The van der Waals surface area contributed by atoms with Crippen molar-refractivity contribution in [2.45, 2.75) is 26.3 Å². The van der Waals surface area contributed by atoms with E-state index in [2.05, 4.69) is 18.2 Å². The number of rotatable bonds is 4. The van der Waals surface area contributed by atoms with Crippen LogP contribution in [0.25, 0.3) is 0 Å². The molecule has 0 aliphatic carbocycles. The van der Waals surface area contributed by atoms with Gasteiger partial charge in [0.05, 0.1) is 6.20 Å². The van der Waals surface area contributed by atoms with Gasteiger partial charge in [0.25, 0.3) is 0 Å². The summed E-state index contributed by atoms with van der Waals surface area (Å²) < 4.78 is 1.93. The maximum absolute atomic E-state index is 5.56. The van der Waals surface area contributed by atoms with Crippen molar-refractivity contribution in [2.24, 2.45) is 0 Å². The second-order valence-electron chi connectivity index (χ2n) is 2.50. The van der Waals surface area contributed by atoms with Crippen LogP contribution in [0.1, 0.15) is 18.9 Å².